The van der Waals surface area contributed by atoms with Crippen molar-refractivity contribution < 1.29 is 0 Å². The number of rotatable bonds is 4. The summed E-state index contributed by atoms with van der Waals surface area (Å²) in [6, 6.07) is 9.20. The van der Waals surface area contributed by atoms with Gasteiger partial charge in [0.25, 0.3) is 0 Å². The van der Waals surface area contributed by atoms with Crippen molar-refractivity contribution >= 4 is 47.4 Å². The third-order valence-corrected chi connectivity index (χ3v) is 4.38. The second-order valence-corrected chi connectivity index (χ2v) is 6.15. The van der Waals surface area contributed by atoms with Crippen LogP contribution < -0.4 is 5.32 Å². The van der Waals surface area contributed by atoms with Gasteiger partial charge in [0.2, 0.25) is 0 Å². The molecule has 20 heavy (non-hydrogen) atoms. The average Bonchev–Trinajstić information content (AvgIpc) is 2.38. The average molecular weight is 429 g/mol. The minimum absolute atomic E-state index is 0. The quantitative estimate of drug-likeness (QED) is 0.574. The van der Waals surface area contributed by atoms with E-state index in [2.05, 4.69) is 70.6 Å². The predicted molar refractivity (Wildman–Crippen MR) is 100 cm³/mol. The summed E-state index contributed by atoms with van der Waals surface area (Å²) >= 11 is 2.45. The van der Waals surface area contributed by atoms with Crippen molar-refractivity contribution in [3.05, 3.63) is 45.6 Å². The number of nitrogens with one attached hydrogen (secondary N) is 1. The highest BCUT2D eigenvalue weighted by Gasteiger charge is 2.23. The molecule has 1 atom stereocenters. The van der Waals surface area contributed by atoms with Crippen LogP contribution in [-0.4, -0.2) is 31.1 Å². The van der Waals surface area contributed by atoms with E-state index in [1.807, 2.05) is 0 Å². The Bertz CT molecular complexity index is 420. The van der Waals surface area contributed by atoms with E-state index in [1.165, 1.54) is 14.7 Å². The first-order valence-electron chi connectivity index (χ1n) is 6.52. The van der Waals surface area contributed by atoms with Crippen LogP contribution in [0.4, 0.5) is 0 Å². The first-order chi connectivity index (χ1) is 8.68. The topological polar surface area (TPSA) is 15.3 Å². The van der Waals surface area contributed by atoms with Crippen LogP contribution in [0.2, 0.25) is 0 Å². The van der Waals surface area contributed by atoms with Gasteiger partial charge in [-0.3, -0.25) is 4.90 Å². The molecular formula is C15H23Cl2IN2. The van der Waals surface area contributed by atoms with Gasteiger partial charge < -0.3 is 5.32 Å². The van der Waals surface area contributed by atoms with Crippen molar-refractivity contribution in [2.24, 2.45) is 0 Å². The van der Waals surface area contributed by atoms with Crippen molar-refractivity contribution in [3.8, 4) is 0 Å². The first-order valence-corrected chi connectivity index (χ1v) is 7.60. The Morgan fingerprint density at radius 1 is 1.30 bits per heavy atom. The summed E-state index contributed by atoms with van der Waals surface area (Å²) in [7, 11) is 0. The van der Waals surface area contributed by atoms with Crippen LogP contribution in [0.5, 0.6) is 0 Å². The normalized spacial score (nSPS) is 16.7. The summed E-state index contributed by atoms with van der Waals surface area (Å²) in [6.07, 6.45) is 1.06. The third kappa shape index (κ3) is 5.53. The van der Waals surface area contributed by atoms with Crippen molar-refractivity contribution in [3.63, 3.8) is 0 Å². The van der Waals surface area contributed by atoms with Gasteiger partial charge in [-0.05, 0) is 47.6 Å². The largest absolute Gasteiger partial charge is 0.314 e. The molecule has 1 aliphatic heterocycles. The molecule has 1 saturated heterocycles. The van der Waals surface area contributed by atoms with Crippen molar-refractivity contribution in [2.45, 2.75) is 19.4 Å². The number of benzene rings is 1. The lowest BCUT2D eigenvalue weighted by Crippen LogP contribution is -2.45. The number of piperazine rings is 1. The Morgan fingerprint density at radius 2 is 1.90 bits per heavy atom. The molecule has 0 aliphatic carbocycles. The zero-order chi connectivity index (χ0) is 13.0. The third-order valence-electron chi connectivity index (χ3n) is 3.40. The summed E-state index contributed by atoms with van der Waals surface area (Å²) in [5.74, 6) is 0. The van der Waals surface area contributed by atoms with Crippen molar-refractivity contribution in [1.82, 2.24) is 10.2 Å². The van der Waals surface area contributed by atoms with E-state index in [-0.39, 0.29) is 24.8 Å². The molecule has 1 aliphatic rings. The van der Waals surface area contributed by atoms with Crippen LogP contribution in [0.1, 0.15) is 24.9 Å². The van der Waals surface area contributed by atoms with Gasteiger partial charge in [-0.1, -0.05) is 23.8 Å². The SMILES string of the molecule is C=C(C)C[C@@H](c1ccccc1I)N1CCNCC1.Cl.Cl. The molecule has 0 bridgehead atoms. The van der Waals surface area contributed by atoms with E-state index < -0.39 is 0 Å². The number of hydrogen-bond acceptors (Lipinski definition) is 2. The van der Waals surface area contributed by atoms with Crippen LogP contribution in [0.3, 0.4) is 0 Å². The highest BCUT2D eigenvalue weighted by atomic mass is 127. The summed E-state index contributed by atoms with van der Waals surface area (Å²) in [5, 5.41) is 3.42. The van der Waals surface area contributed by atoms with Crippen LogP contribution in [0.15, 0.2) is 36.4 Å². The lowest BCUT2D eigenvalue weighted by Gasteiger charge is -2.36. The Hall–Kier alpha value is 0.190. The van der Waals surface area contributed by atoms with Gasteiger partial charge in [-0.2, -0.15) is 0 Å². The highest BCUT2D eigenvalue weighted by molar-refractivity contribution is 14.1. The second kappa shape index (κ2) is 10.0. The maximum absolute atomic E-state index is 4.10. The lowest BCUT2D eigenvalue weighted by atomic mass is 9.98. The van der Waals surface area contributed by atoms with Gasteiger partial charge in [0.1, 0.15) is 0 Å². The molecule has 1 fully saturated rings. The van der Waals surface area contributed by atoms with Crippen molar-refractivity contribution in [1.29, 1.82) is 0 Å². The van der Waals surface area contributed by atoms with Gasteiger partial charge in [0, 0.05) is 35.8 Å². The van der Waals surface area contributed by atoms with E-state index in [0.29, 0.717) is 6.04 Å². The number of nitrogens with zero attached hydrogens (tertiary/aromatic N) is 1. The van der Waals surface area contributed by atoms with E-state index >= 15 is 0 Å². The molecule has 0 saturated carbocycles. The minimum atomic E-state index is 0. The predicted octanol–water partition coefficient (Wildman–Crippen LogP) is 4.05. The maximum atomic E-state index is 4.10. The number of hydrogen-bond donors (Lipinski definition) is 1. The molecule has 1 aromatic carbocycles. The fraction of sp³-hybridized carbons (Fsp3) is 0.467. The second-order valence-electron chi connectivity index (χ2n) is 4.98. The molecule has 5 heteroatoms. The molecule has 0 amide bonds. The van der Waals surface area contributed by atoms with Crippen LogP contribution in [-0.2, 0) is 0 Å². The van der Waals surface area contributed by atoms with E-state index in [9.17, 15) is 0 Å². The minimum Gasteiger partial charge on any atom is -0.314 e. The maximum Gasteiger partial charge on any atom is 0.0396 e. The summed E-state index contributed by atoms with van der Waals surface area (Å²) in [5.41, 5.74) is 2.71. The molecule has 0 unspecified atom stereocenters. The molecule has 114 valence electrons. The van der Waals surface area contributed by atoms with E-state index in [0.717, 1.165) is 32.6 Å². The Labute approximate surface area is 148 Å². The molecule has 1 aromatic rings. The molecule has 2 rings (SSSR count). The monoisotopic (exact) mass is 428 g/mol. The fourth-order valence-electron chi connectivity index (χ4n) is 2.50. The van der Waals surface area contributed by atoms with Gasteiger partial charge >= 0.3 is 0 Å². The van der Waals surface area contributed by atoms with E-state index in [4.69, 9.17) is 0 Å². The van der Waals surface area contributed by atoms with Gasteiger partial charge in [-0.25, -0.2) is 0 Å². The Balaban J connectivity index is 0.00000180. The summed E-state index contributed by atoms with van der Waals surface area (Å²) in [4.78, 5) is 2.59. The van der Waals surface area contributed by atoms with Gasteiger partial charge in [-0.15, -0.1) is 31.4 Å². The Kier molecular flexibility index (Phi) is 10.1. The fourth-order valence-corrected chi connectivity index (χ4v) is 3.25. The van der Waals surface area contributed by atoms with Crippen LogP contribution >= 0.6 is 47.4 Å². The zero-order valence-electron chi connectivity index (χ0n) is 11.8. The molecule has 2 nitrogen and oxygen atoms in total. The molecular weight excluding hydrogens is 406 g/mol. The number of halogens is 3. The standard InChI is InChI=1S/C15H21IN2.2ClH/c1-12(2)11-15(18-9-7-17-8-10-18)13-5-3-4-6-14(13)16;;/h3-6,15,17H,1,7-11H2,2H3;2*1H/t15-;;/m0../s1. The molecule has 0 radical (unpaired) electrons. The molecule has 0 aromatic heterocycles. The molecule has 0 spiro atoms. The summed E-state index contributed by atoms with van der Waals surface area (Å²) < 4.78 is 1.36. The van der Waals surface area contributed by atoms with Gasteiger partial charge in [0.15, 0.2) is 0 Å². The van der Waals surface area contributed by atoms with E-state index in [1.54, 1.807) is 0 Å². The molecule has 1 N–H and O–H groups in total. The first kappa shape index (κ1) is 20.2. The lowest BCUT2D eigenvalue weighted by molar-refractivity contribution is 0.172. The van der Waals surface area contributed by atoms with Crippen LogP contribution in [0.25, 0.3) is 0 Å². The Morgan fingerprint density at radius 3 is 2.45 bits per heavy atom. The van der Waals surface area contributed by atoms with Gasteiger partial charge in [0.05, 0.1) is 0 Å². The van der Waals surface area contributed by atoms with Crippen molar-refractivity contribution in [2.75, 3.05) is 26.2 Å². The summed E-state index contributed by atoms with van der Waals surface area (Å²) in [6.45, 7) is 10.7. The van der Waals surface area contributed by atoms with Crippen LogP contribution in [0, 0.1) is 3.57 Å². The zero-order valence-corrected chi connectivity index (χ0v) is 15.6. The smallest absolute Gasteiger partial charge is 0.0396 e. The molecule has 1 heterocycles. The highest BCUT2D eigenvalue weighted by Crippen LogP contribution is 2.30.